The topological polar surface area (TPSA) is 102 Å². The van der Waals surface area contributed by atoms with E-state index in [1.807, 2.05) is 38.3 Å². The molecular formula is C17H21N3O3S. The highest BCUT2D eigenvalue weighted by Gasteiger charge is 2.21. The molecule has 3 N–H and O–H groups in total. The molecule has 1 unspecified atom stereocenters. The standard InChI is InChI=1S/C17H21N3O3S/c1-11-5-4-6-14(12(11)2)19-10-13(9-18)16(21)20-15(17(22)23)7-8-24-3/h4-6,10,15,19H,7-8H2,1-3H3,(H,20,21)(H,22,23)/b13-10-. The van der Waals surface area contributed by atoms with Gasteiger partial charge in [-0.05, 0) is 49.5 Å². The Labute approximate surface area is 145 Å². The van der Waals surface area contributed by atoms with Gasteiger partial charge in [0.05, 0.1) is 0 Å². The van der Waals surface area contributed by atoms with E-state index >= 15 is 0 Å². The number of nitrogens with zero attached hydrogens (tertiary/aromatic N) is 1. The van der Waals surface area contributed by atoms with Crippen molar-refractivity contribution in [2.45, 2.75) is 26.3 Å². The molecule has 0 aliphatic heterocycles. The van der Waals surface area contributed by atoms with Gasteiger partial charge in [0.2, 0.25) is 0 Å². The molecule has 0 aliphatic carbocycles. The second-order valence-electron chi connectivity index (χ2n) is 5.21. The third kappa shape index (κ3) is 5.63. The van der Waals surface area contributed by atoms with Crippen LogP contribution in [0.3, 0.4) is 0 Å². The number of nitrogens with one attached hydrogen (secondary N) is 2. The molecule has 1 atom stereocenters. The molecule has 6 nitrogen and oxygen atoms in total. The Balaban J connectivity index is 2.84. The van der Waals surface area contributed by atoms with E-state index in [9.17, 15) is 9.59 Å². The van der Waals surface area contributed by atoms with E-state index in [1.54, 1.807) is 6.07 Å². The third-order valence-electron chi connectivity index (χ3n) is 3.56. The first-order chi connectivity index (χ1) is 11.4. The highest BCUT2D eigenvalue weighted by molar-refractivity contribution is 7.98. The third-order valence-corrected chi connectivity index (χ3v) is 4.20. The second kappa shape index (κ2) is 9.63. The van der Waals surface area contributed by atoms with Crippen LogP contribution in [0.15, 0.2) is 30.0 Å². The van der Waals surface area contributed by atoms with E-state index in [4.69, 9.17) is 10.4 Å². The summed E-state index contributed by atoms with van der Waals surface area (Å²) >= 11 is 1.49. The zero-order valence-corrected chi connectivity index (χ0v) is 14.7. The number of aryl methyl sites for hydroxylation is 1. The van der Waals surface area contributed by atoms with Gasteiger partial charge < -0.3 is 15.7 Å². The van der Waals surface area contributed by atoms with Gasteiger partial charge in [-0.15, -0.1) is 0 Å². The van der Waals surface area contributed by atoms with Crippen LogP contribution in [0.4, 0.5) is 5.69 Å². The summed E-state index contributed by atoms with van der Waals surface area (Å²) in [6.07, 6.45) is 3.45. The molecule has 0 aliphatic rings. The van der Waals surface area contributed by atoms with Gasteiger partial charge in [-0.25, -0.2) is 4.79 Å². The van der Waals surface area contributed by atoms with Gasteiger partial charge in [-0.3, -0.25) is 4.79 Å². The van der Waals surface area contributed by atoms with Crippen LogP contribution >= 0.6 is 11.8 Å². The first kappa shape index (κ1) is 19.6. The van der Waals surface area contributed by atoms with Gasteiger partial charge in [0.15, 0.2) is 0 Å². The number of carboxylic acid groups (broad SMARTS) is 1. The van der Waals surface area contributed by atoms with Crippen LogP contribution in [-0.2, 0) is 9.59 Å². The highest BCUT2D eigenvalue weighted by atomic mass is 32.2. The van der Waals surface area contributed by atoms with Crippen LogP contribution in [0.5, 0.6) is 0 Å². The van der Waals surface area contributed by atoms with Crippen molar-refractivity contribution < 1.29 is 14.7 Å². The van der Waals surface area contributed by atoms with Crippen molar-refractivity contribution in [3.63, 3.8) is 0 Å². The molecule has 0 bridgehead atoms. The summed E-state index contributed by atoms with van der Waals surface area (Å²) in [7, 11) is 0. The normalized spacial score (nSPS) is 12.2. The van der Waals surface area contributed by atoms with Crippen molar-refractivity contribution in [2.75, 3.05) is 17.3 Å². The molecule has 7 heteroatoms. The maximum atomic E-state index is 12.1. The van der Waals surface area contributed by atoms with Crippen molar-refractivity contribution in [3.8, 4) is 6.07 Å². The van der Waals surface area contributed by atoms with Crippen LogP contribution in [0.2, 0.25) is 0 Å². The van der Waals surface area contributed by atoms with E-state index in [-0.39, 0.29) is 5.57 Å². The predicted octanol–water partition coefficient (Wildman–Crippen LogP) is 2.45. The molecule has 1 amide bonds. The minimum Gasteiger partial charge on any atom is -0.480 e. The van der Waals surface area contributed by atoms with E-state index < -0.39 is 17.9 Å². The Morgan fingerprint density at radius 1 is 1.42 bits per heavy atom. The van der Waals surface area contributed by atoms with Crippen molar-refractivity contribution >= 4 is 29.3 Å². The lowest BCUT2D eigenvalue weighted by Gasteiger charge is -2.14. The monoisotopic (exact) mass is 347 g/mol. The molecule has 1 rings (SSSR count). The Hall–Kier alpha value is -2.46. The number of nitriles is 1. The Morgan fingerprint density at radius 2 is 2.12 bits per heavy atom. The Kier molecular flexibility index (Phi) is 7.86. The lowest BCUT2D eigenvalue weighted by molar-refractivity contribution is -0.141. The number of carbonyl (C=O) groups excluding carboxylic acids is 1. The number of hydrogen-bond donors (Lipinski definition) is 3. The first-order valence-corrected chi connectivity index (χ1v) is 8.75. The van der Waals surface area contributed by atoms with Gasteiger partial charge in [0.25, 0.3) is 5.91 Å². The number of carboxylic acids is 1. The van der Waals surface area contributed by atoms with Crippen LogP contribution in [0, 0.1) is 25.2 Å². The SMILES string of the molecule is CSCCC(NC(=O)/C(C#N)=C\Nc1cccc(C)c1C)C(=O)O. The Morgan fingerprint density at radius 3 is 2.71 bits per heavy atom. The molecule has 1 aromatic rings. The number of anilines is 1. The maximum Gasteiger partial charge on any atom is 0.326 e. The molecule has 1 aromatic carbocycles. The molecule has 0 fully saturated rings. The number of rotatable bonds is 8. The highest BCUT2D eigenvalue weighted by Crippen LogP contribution is 2.18. The van der Waals surface area contributed by atoms with Gasteiger partial charge in [0, 0.05) is 11.9 Å². The minimum atomic E-state index is -1.11. The number of aliphatic carboxylic acids is 1. The summed E-state index contributed by atoms with van der Waals surface area (Å²) in [5.74, 6) is -1.22. The van der Waals surface area contributed by atoms with Crippen molar-refractivity contribution in [1.29, 1.82) is 5.26 Å². The van der Waals surface area contributed by atoms with Crippen molar-refractivity contribution in [2.24, 2.45) is 0 Å². The summed E-state index contributed by atoms with van der Waals surface area (Å²) in [5.41, 5.74) is 2.70. The molecule has 0 saturated heterocycles. The van der Waals surface area contributed by atoms with Gasteiger partial charge in [-0.2, -0.15) is 17.0 Å². The predicted molar refractivity (Wildman–Crippen MR) is 95.8 cm³/mol. The van der Waals surface area contributed by atoms with Crippen LogP contribution in [0.25, 0.3) is 0 Å². The zero-order valence-electron chi connectivity index (χ0n) is 13.9. The fourth-order valence-corrected chi connectivity index (χ4v) is 2.41. The maximum absolute atomic E-state index is 12.1. The van der Waals surface area contributed by atoms with E-state index in [1.165, 1.54) is 18.0 Å². The van der Waals surface area contributed by atoms with Gasteiger partial charge >= 0.3 is 5.97 Å². The molecular weight excluding hydrogens is 326 g/mol. The van der Waals surface area contributed by atoms with Gasteiger partial charge in [0.1, 0.15) is 17.7 Å². The summed E-state index contributed by atoms with van der Waals surface area (Å²) in [6, 6.07) is 6.45. The minimum absolute atomic E-state index is 0.175. The molecule has 0 saturated carbocycles. The molecule has 128 valence electrons. The molecule has 0 spiro atoms. The summed E-state index contributed by atoms with van der Waals surface area (Å²) in [4.78, 5) is 23.3. The smallest absolute Gasteiger partial charge is 0.326 e. The van der Waals surface area contributed by atoms with E-state index in [0.717, 1.165) is 16.8 Å². The number of carbonyl (C=O) groups is 2. The number of thioether (sulfide) groups is 1. The fourth-order valence-electron chi connectivity index (χ4n) is 1.94. The Bertz CT molecular complexity index is 680. The number of amides is 1. The lowest BCUT2D eigenvalue weighted by Crippen LogP contribution is -2.41. The molecule has 0 aromatic heterocycles. The second-order valence-corrected chi connectivity index (χ2v) is 6.19. The summed E-state index contributed by atoms with van der Waals surface area (Å²) in [5, 5.41) is 23.6. The van der Waals surface area contributed by atoms with Crippen LogP contribution in [0.1, 0.15) is 17.5 Å². The number of hydrogen-bond acceptors (Lipinski definition) is 5. The van der Waals surface area contributed by atoms with E-state index in [0.29, 0.717) is 12.2 Å². The largest absolute Gasteiger partial charge is 0.480 e. The van der Waals surface area contributed by atoms with Crippen LogP contribution < -0.4 is 10.6 Å². The van der Waals surface area contributed by atoms with Crippen molar-refractivity contribution in [1.82, 2.24) is 5.32 Å². The van der Waals surface area contributed by atoms with E-state index in [2.05, 4.69) is 10.6 Å². The average Bonchev–Trinajstić information content (AvgIpc) is 2.55. The molecule has 0 heterocycles. The van der Waals surface area contributed by atoms with Crippen molar-refractivity contribution in [3.05, 3.63) is 41.1 Å². The zero-order chi connectivity index (χ0) is 18.1. The first-order valence-electron chi connectivity index (χ1n) is 7.36. The molecule has 24 heavy (non-hydrogen) atoms. The van der Waals surface area contributed by atoms with Gasteiger partial charge in [-0.1, -0.05) is 12.1 Å². The van der Waals surface area contributed by atoms with Crippen LogP contribution in [-0.4, -0.2) is 35.0 Å². The summed E-state index contributed by atoms with van der Waals surface area (Å²) in [6.45, 7) is 3.89. The average molecular weight is 347 g/mol. The lowest BCUT2D eigenvalue weighted by atomic mass is 10.1. The summed E-state index contributed by atoms with van der Waals surface area (Å²) < 4.78 is 0. The quantitative estimate of drug-likeness (QED) is 0.493. The molecule has 0 radical (unpaired) electrons. The number of benzene rings is 1. The fraction of sp³-hybridized carbons (Fsp3) is 0.353.